The van der Waals surface area contributed by atoms with Crippen molar-refractivity contribution in [3.8, 4) is 5.75 Å². The molecule has 0 spiro atoms. The molecule has 3 aliphatic carbocycles. The minimum absolute atomic E-state index is 0.0403. The van der Waals surface area contributed by atoms with Gasteiger partial charge in [-0.3, -0.25) is 14.4 Å². The highest BCUT2D eigenvalue weighted by Crippen LogP contribution is 2.52. The Labute approximate surface area is 163 Å². The number of carbonyl (C=O) groups excluding carboxylic acids is 3. The number of phenolic OH excluding ortho intramolecular Hbond substituents is 1. The number of benzene rings is 1. The molecule has 29 heavy (non-hydrogen) atoms. The van der Waals surface area contributed by atoms with E-state index in [0.717, 1.165) is 0 Å². The van der Waals surface area contributed by atoms with Crippen LogP contribution in [0.15, 0.2) is 29.0 Å². The van der Waals surface area contributed by atoms with E-state index in [2.05, 4.69) is 0 Å². The van der Waals surface area contributed by atoms with E-state index in [1.165, 1.54) is 12.1 Å². The lowest BCUT2D eigenvalue weighted by atomic mass is 9.58. The molecule has 3 aliphatic rings. The number of fused-ring (bicyclic) bond motifs is 3. The van der Waals surface area contributed by atoms with Gasteiger partial charge in [-0.05, 0) is 36.5 Å². The maximum atomic E-state index is 13.3. The van der Waals surface area contributed by atoms with Crippen LogP contribution in [-0.2, 0) is 20.8 Å². The number of nitrogens with two attached hydrogens (primary N) is 3. The van der Waals surface area contributed by atoms with Gasteiger partial charge in [-0.15, -0.1) is 0 Å². The predicted octanol–water partition coefficient (Wildman–Crippen LogP) is -1.06. The second-order valence-electron chi connectivity index (χ2n) is 7.61. The summed E-state index contributed by atoms with van der Waals surface area (Å²) >= 11 is 0. The van der Waals surface area contributed by atoms with Crippen molar-refractivity contribution in [2.45, 2.75) is 24.5 Å². The highest BCUT2D eigenvalue weighted by Gasteiger charge is 2.63. The van der Waals surface area contributed by atoms with Gasteiger partial charge in [-0.2, -0.15) is 0 Å². The number of hydrogen-bond donors (Lipinski definition) is 7. The van der Waals surface area contributed by atoms with Crippen LogP contribution in [0.5, 0.6) is 5.75 Å². The van der Waals surface area contributed by atoms with E-state index in [-0.39, 0.29) is 29.7 Å². The fraction of sp³-hybridized carbons (Fsp3) is 0.316. The summed E-state index contributed by atoms with van der Waals surface area (Å²) in [5.41, 5.74) is 13.8. The molecule has 10 nitrogen and oxygen atoms in total. The van der Waals surface area contributed by atoms with Gasteiger partial charge < -0.3 is 37.6 Å². The second-order valence-corrected chi connectivity index (χ2v) is 7.61. The van der Waals surface area contributed by atoms with Crippen molar-refractivity contribution in [1.29, 1.82) is 0 Å². The maximum Gasteiger partial charge on any atom is 0.255 e. The lowest BCUT2D eigenvalue weighted by Crippen LogP contribution is -2.65. The molecule has 0 aliphatic heterocycles. The van der Waals surface area contributed by atoms with Gasteiger partial charge in [0, 0.05) is 17.2 Å². The summed E-state index contributed by atoms with van der Waals surface area (Å²) in [5, 5.41) is 42.5. The van der Waals surface area contributed by atoms with Crippen molar-refractivity contribution < 1.29 is 34.8 Å². The van der Waals surface area contributed by atoms with Crippen LogP contribution in [-0.4, -0.2) is 49.5 Å². The topological polar surface area (TPSA) is 210 Å². The Balaban J connectivity index is 1.98. The zero-order valence-electron chi connectivity index (χ0n) is 15.0. The van der Waals surface area contributed by atoms with Crippen LogP contribution in [0.2, 0.25) is 0 Å². The molecule has 10 heteroatoms. The highest BCUT2D eigenvalue weighted by molar-refractivity contribution is 6.24. The van der Waals surface area contributed by atoms with Crippen LogP contribution >= 0.6 is 0 Å². The summed E-state index contributed by atoms with van der Waals surface area (Å²) in [5.74, 6) is -7.40. The maximum absolute atomic E-state index is 13.3. The van der Waals surface area contributed by atoms with E-state index < -0.39 is 58.0 Å². The van der Waals surface area contributed by atoms with Crippen LogP contribution in [0, 0.1) is 11.8 Å². The Morgan fingerprint density at radius 1 is 1.17 bits per heavy atom. The molecule has 4 atom stereocenters. The van der Waals surface area contributed by atoms with E-state index >= 15 is 0 Å². The third kappa shape index (κ3) is 2.21. The summed E-state index contributed by atoms with van der Waals surface area (Å²) in [6.45, 7) is 0. The van der Waals surface area contributed by atoms with E-state index in [1.54, 1.807) is 0 Å². The fourth-order valence-electron chi connectivity index (χ4n) is 4.74. The third-order valence-corrected chi connectivity index (χ3v) is 6.17. The van der Waals surface area contributed by atoms with Gasteiger partial charge in [0.1, 0.15) is 22.8 Å². The lowest BCUT2D eigenvalue weighted by molar-refractivity contribution is -0.149. The van der Waals surface area contributed by atoms with Crippen LogP contribution in [0.4, 0.5) is 5.69 Å². The summed E-state index contributed by atoms with van der Waals surface area (Å²) in [4.78, 5) is 37.3. The summed E-state index contributed by atoms with van der Waals surface area (Å²) in [6, 6.07) is 1.25. The van der Waals surface area contributed by atoms with Crippen molar-refractivity contribution in [3.63, 3.8) is 0 Å². The van der Waals surface area contributed by atoms with Crippen LogP contribution in [0.1, 0.15) is 17.5 Å². The summed E-state index contributed by atoms with van der Waals surface area (Å²) in [6.07, 6.45) is 0.0839. The summed E-state index contributed by atoms with van der Waals surface area (Å²) < 4.78 is 0. The molecule has 10 N–H and O–H groups in total. The Morgan fingerprint density at radius 2 is 1.83 bits per heavy atom. The SMILES string of the molecule is NC(=O)C1=C(O)[C@@]2(O)C(=O)C3=C(O)c4c(O)ccc(N)c4C[C@H]3C[C@H]2[C@H](N)C1=O. The second kappa shape index (κ2) is 5.82. The minimum atomic E-state index is -2.70. The molecule has 1 saturated carbocycles. The number of rotatable bonds is 1. The largest absolute Gasteiger partial charge is 0.508 e. The Kier molecular flexibility index (Phi) is 3.80. The first kappa shape index (κ1) is 19.0. The fourth-order valence-corrected chi connectivity index (χ4v) is 4.74. The van der Waals surface area contributed by atoms with Crippen molar-refractivity contribution in [3.05, 3.63) is 40.2 Å². The Hall–Kier alpha value is -3.37. The zero-order chi connectivity index (χ0) is 21.4. The molecule has 1 amide bonds. The molecule has 0 aromatic heterocycles. The Bertz CT molecular complexity index is 1070. The molecule has 0 heterocycles. The molecule has 1 aromatic rings. The number of hydrogen-bond acceptors (Lipinski definition) is 9. The van der Waals surface area contributed by atoms with Crippen LogP contribution < -0.4 is 17.2 Å². The molecule has 1 aromatic carbocycles. The molecule has 0 saturated heterocycles. The number of carbonyl (C=O) groups is 3. The molecular weight excluding hydrogens is 382 g/mol. The van der Waals surface area contributed by atoms with E-state index in [1.807, 2.05) is 0 Å². The molecule has 0 radical (unpaired) electrons. The van der Waals surface area contributed by atoms with Gasteiger partial charge in [-0.1, -0.05) is 0 Å². The monoisotopic (exact) mass is 401 g/mol. The number of primary amides is 1. The molecular formula is C19H19N3O7. The number of anilines is 1. The van der Waals surface area contributed by atoms with Crippen molar-refractivity contribution in [2.24, 2.45) is 23.3 Å². The first-order chi connectivity index (χ1) is 13.5. The Morgan fingerprint density at radius 3 is 2.45 bits per heavy atom. The highest BCUT2D eigenvalue weighted by atomic mass is 16.3. The number of aliphatic hydroxyl groups excluding tert-OH is 2. The van der Waals surface area contributed by atoms with E-state index in [9.17, 15) is 34.8 Å². The third-order valence-electron chi connectivity index (χ3n) is 6.17. The molecule has 4 rings (SSSR count). The number of aliphatic hydroxyl groups is 3. The number of ketones is 2. The smallest absolute Gasteiger partial charge is 0.255 e. The summed E-state index contributed by atoms with van der Waals surface area (Å²) in [7, 11) is 0. The molecule has 0 unspecified atom stereocenters. The number of phenols is 1. The number of nitrogen functional groups attached to an aromatic ring is 1. The average molecular weight is 401 g/mol. The van der Waals surface area contributed by atoms with Crippen molar-refractivity contribution >= 4 is 28.9 Å². The predicted molar refractivity (Wildman–Crippen MR) is 99.2 cm³/mol. The standard InChI is InChI=1S/C19H19N3O7/c20-8-1-2-9(23)11-6(8)3-5-4-7-13(21)15(25)12(18(22)28)17(27)19(7,29)16(26)10(5)14(11)24/h1-2,5,7,13,23-24,27,29H,3-4,20-21H2,(H2,22,28)/t5-,7-,13-,19-/m0/s1. The van der Waals surface area contributed by atoms with Gasteiger partial charge in [0.2, 0.25) is 5.78 Å². The molecule has 152 valence electrons. The molecule has 0 bridgehead atoms. The minimum Gasteiger partial charge on any atom is -0.508 e. The number of Topliss-reactive ketones (excluding diaryl/α,β-unsaturated/α-hetero) is 2. The van der Waals surface area contributed by atoms with Crippen molar-refractivity contribution in [1.82, 2.24) is 0 Å². The van der Waals surface area contributed by atoms with Crippen molar-refractivity contribution in [2.75, 3.05) is 5.73 Å². The van der Waals surface area contributed by atoms with E-state index in [4.69, 9.17) is 17.2 Å². The van der Waals surface area contributed by atoms with Gasteiger partial charge in [-0.25, -0.2) is 0 Å². The average Bonchev–Trinajstić information content (AvgIpc) is 2.65. The first-order valence-electron chi connectivity index (χ1n) is 8.86. The quantitative estimate of drug-likeness (QED) is 0.173. The van der Waals surface area contributed by atoms with Gasteiger partial charge >= 0.3 is 0 Å². The molecule has 1 fully saturated rings. The number of amides is 1. The lowest BCUT2D eigenvalue weighted by Gasteiger charge is -2.48. The van der Waals surface area contributed by atoms with E-state index in [0.29, 0.717) is 11.3 Å². The van der Waals surface area contributed by atoms with Crippen LogP contribution in [0.3, 0.4) is 0 Å². The van der Waals surface area contributed by atoms with Gasteiger partial charge in [0.25, 0.3) is 5.91 Å². The van der Waals surface area contributed by atoms with Crippen LogP contribution in [0.25, 0.3) is 5.76 Å². The number of aromatic hydroxyl groups is 1. The normalized spacial score (nSPS) is 31.3. The van der Waals surface area contributed by atoms with Gasteiger partial charge in [0.15, 0.2) is 11.4 Å². The van der Waals surface area contributed by atoms with Gasteiger partial charge in [0.05, 0.1) is 11.6 Å². The zero-order valence-corrected chi connectivity index (χ0v) is 15.0. The first-order valence-corrected chi connectivity index (χ1v) is 8.86.